The van der Waals surface area contributed by atoms with E-state index in [4.69, 9.17) is 4.74 Å². The molecular formula is C16H22O3. The van der Waals surface area contributed by atoms with E-state index >= 15 is 0 Å². The van der Waals surface area contributed by atoms with Crippen molar-refractivity contribution in [2.75, 3.05) is 13.2 Å². The van der Waals surface area contributed by atoms with E-state index in [-0.39, 0.29) is 5.41 Å². The van der Waals surface area contributed by atoms with Gasteiger partial charge in [0.25, 0.3) is 0 Å². The van der Waals surface area contributed by atoms with Gasteiger partial charge in [0.05, 0.1) is 13.2 Å². The van der Waals surface area contributed by atoms with Crippen molar-refractivity contribution in [3.63, 3.8) is 0 Å². The summed E-state index contributed by atoms with van der Waals surface area (Å²) in [5.41, 5.74) is 2.88. The zero-order chi connectivity index (χ0) is 14.3. The Bertz CT molecular complexity index is 493. The molecule has 0 atom stereocenters. The lowest BCUT2D eigenvalue weighted by atomic mass is 9.77. The lowest BCUT2D eigenvalue weighted by Crippen LogP contribution is -2.50. The average Bonchev–Trinajstić information content (AvgIpc) is 2.23. The van der Waals surface area contributed by atoms with Crippen LogP contribution in [0.4, 0.5) is 0 Å². The standard InChI is InChI=1S/C16H22O3/c1-11-5-6-13(15(2,3)4)7-12(11)8-16(14(17)18)9-19-10-16/h5-7H,8-10H2,1-4H3,(H,17,18). The van der Waals surface area contributed by atoms with Gasteiger partial charge in [-0.15, -0.1) is 0 Å². The molecule has 0 bridgehead atoms. The minimum absolute atomic E-state index is 0.0783. The quantitative estimate of drug-likeness (QED) is 0.911. The molecule has 0 aromatic heterocycles. The minimum Gasteiger partial charge on any atom is -0.481 e. The van der Waals surface area contributed by atoms with Crippen LogP contribution in [0.25, 0.3) is 0 Å². The molecule has 1 heterocycles. The number of hydrogen-bond acceptors (Lipinski definition) is 2. The van der Waals surface area contributed by atoms with Crippen LogP contribution in [0.15, 0.2) is 18.2 Å². The molecule has 0 amide bonds. The van der Waals surface area contributed by atoms with E-state index in [9.17, 15) is 9.90 Å². The molecule has 1 N–H and O–H groups in total. The summed E-state index contributed by atoms with van der Waals surface area (Å²) < 4.78 is 5.13. The number of aryl methyl sites for hydroxylation is 1. The maximum atomic E-state index is 11.4. The van der Waals surface area contributed by atoms with E-state index in [0.29, 0.717) is 19.6 Å². The van der Waals surface area contributed by atoms with Crippen LogP contribution >= 0.6 is 0 Å². The van der Waals surface area contributed by atoms with Crippen LogP contribution in [0.1, 0.15) is 37.5 Å². The van der Waals surface area contributed by atoms with Crippen molar-refractivity contribution in [1.29, 1.82) is 0 Å². The molecule has 2 rings (SSSR count). The molecule has 0 spiro atoms. The van der Waals surface area contributed by atoms with Gasteiger partial charge in [0.15, 0.2) is 0 Å². The highest BCUT2D eigenvalue weighted by Crippen LogP contribution is 2.34. The first kappa shape index (κ1) is 14.1. The van der Waals surface area contributed by atoms with E-state index in [1.54, 1.807) is 0 Å². The monoisotopic (exact) mass is 262 g/mol. The summed E-state index contributed by atoms with van der Waals surface area (Å²) in [6.07, 6.45) is 0.554. The molecule has 1 saturated heterocycles. The van der Waals surface area contributed by atoms with Crippen LogP contribution in [0.5, 0.6) is 0 Å². The third kappa shape index (κ3) is 2.66. The van der Waals surface area contributed by atoms with Crippen LogP contribution in [0.2, 0.25) is 0 Å². The van der Waals surface area contributed by atoms with Gasteiger partial charge in [-0.3, -0.25) is 4.79 Å². The van der Waals surface area contributed by atoms with Gasteiger partial charge < -0.3 is 9.84 Å². The first-order valence-electron chi connectivity index (χ1n) is 6.66. The van der Waals surface area contributed by atoms with Crippen LogP contribution < -0.4 is 0 Å². The maximum absolute atomic E-state index is 11.4. The summed E-state index contributed by atoms with van der Waals surface area (Å²) in [6.45, 7) is 9.18. The first-order chi connectivity index (χ1) is 8.74. The van der Waals surface area contributed by atoms with Crippen molar-refractivity contribution in [1.82, 2.24) is 0 Å². The summed E-state index contributed by atoms with van der Waals surface area (Å²) in [4.78, 5) is 11.4. The molecule has 1 aliphatic rings. The Morgan fingerprint density at radius 2 is 2.00 bits per heavy atom. The number of hydrogen-bond donors (Lipinski definition) is 1. The van der Waals surface area contributed by atoms with Crippen molar-refractivity contribution < 1.29 is 14.6 Å². The normalized spacial score (nSPS) is 17.9. The molecule has 1 aliphatic heterocycles. The Hall–Kier alpha value is -1.35. The summed E-state index contributed by atoms with van der Waals surface area (Å²) >= 11 is 0. The van der Waals surface area contributed by atoms with Crippen molar-refractivity contribution in [3.05, 3.63) is 34.9 Å². The van der Waals surface area contributed by atoms with Gasteiger partial charge in [-0.25, -0.2) is 0 Å². The number of aliphatic carboxylic acids is 1. The Morgan fingerprint density at radius 1 is 1.37 bits per heavy atom. The third-order valence-corrected chi connectivity index (χ3v) is 3.95. The third-order valence-electron chi connectivity index (χ3n) is 3.95. The Morgan fingerprint density at radius 3 is 2.42 bits per heavy atom. The summed E-state index contributed by atoms with van der Waals surface area (Å²) in [5, 5.41) is 9.39. The fourth-order valence-corrected chi connectivity index (χ4v) is 2.34. The molecule has 0 radical (unpaired) electrons. The van der Waals surface area contributed by atoms with Crippen LogP contribution in [-0.4, -0.2) is 24.3 Å². The minimum atomic E-state index is -0.751. The Kier molecular flexibility index (Phi) is 3.43. The van der Waals surface area contributed by atoms with Crippen LogP contribution in [0, 0.1) is 12.3 Å². The van der Waals surface area contributed by atoms with E-state index in [1.807, 2.05) is 6.92 Å². The van der Waals surface area contributed by atoms with Crippen molar-refractivity contribution in [2.45, 2.75) is 39.5 Å². The second-order valence-corrected chi connectivity index (χ2v) is 6.65. The lowest BCUT2D eigenvalue weighted by Gasteiger charge is -2.38. The van der Waals surface area contributed by atoms with E-state index in [0.717, 1.165) is 11.1 Å². The summed E-state index contributed by atoms with van der Waals surface area (Å²) in [5.74, 6) is -0.751. The first-order valence-corrected chi connectivity index (χ1v) is 6.66. The summed E-state index contributed by atoms with van der Waals surface area (Å²) in [7, 11) is 0. The molecule has 0 aliphatic carbocycles. The maximum Gasteiger partial charge on any atom is 0.314 e. The molecule has 1 aromatic carbocycles. The highest BCUT2D eigenvalue weighted by atomic mass is 16.5. The van der Waals surface area contributed by atoms with Crippen LogP contribution in [0.3, 0.4) is 0 Å². The molecule has 1 fully saturated rings. The Labute approximate surface area is 114 Å². The van der Waals surface area contributed by atoms with Gasteiger partial charge >= 0.3 is 5.97 Å². The lowest BCUT2D eigenvalue weighted by molar-refractivity contribution is -0.179. The molecular weight excluding hydrogens is 240 g/mol. The number of benzene rings is 1. The summed E-state index contributed by atoms with van der Waals surface area (Å²) in [6, 6.07) is 6.37. The molecule has 0 saturated carbocycles. The molecule has 104 valence electrons. The van der Waals surface area contributed by atoms with Crippen LogP contribution in [-0.2, 0) is 21.4 Å². The largest absolute Gasteiger partial charge is 0.481 e. The number of ether oxygens (including phenoxy) is 1. The zero-order valence-electron chi connectivity index (χ0n) is 12.1. The Balaban J connectivity index is 2.32. The van der Waals surface area contributed by atoms with E-state index in [1.165, 1.54) is 5.56 Å². The van der Waals surface area contributed by atoms with Gasteiger partial charge in [0.1, 0.15) is 5.41 Å². The van der Waals surface area contributed by atoms with Crippen molar-refractivity contribution in [2.24, 2.45) is 5.41 Å². The number of carboxylic acid groups (broad SMARTS) is 1. The SMILES string of the molecule is Cc1ccc(C(C)(C)C)cc1CC1(C(=O)O)COC1. The molecule has 19 heavy (non-hydrogen) atoms. The molecule has 1 aromatic rings. The highest BCUT2D eigenvalue weighted by molar-refractivity contribution is 5.76. The average molecular weight is 262 g/mol. The fraction of sp³-hybridized carbons (Fsp3) is 0.562. The van der Waals surface area contributed by atoms with E-state index in [2.05, 4.69) is 39.0 Å². The van der Waals surface area contributed by atoms with Gasteiger partial charge in [-0.2, -0.15) is 0 Å². The second-order valence-electron chi connectivity index (χ2n) is 6.65. The molecule has 3 nitrogen and oxygen atoms in total. The topological polar surface area (TPSA) is 46.5 Å². The second kappa shape index (κ2) is 4.64. The highest BCUT2D eigenvalue weighted by Gasteiger charge is 2.46. The van der Waals surface area contributed by atoms with Gasteiger partial charge in [-0.05, 0) is 35.4 Å². The van der Waals surface area contributed by atoms with Crippen molar-refractivity contribution >= 4 is 5.97 Å². The van der Waals surface area contributed by atoms with Crippen molar-refractivity contribution in [3.8, 4) is 0 Å². The molecule has 0 unspecified atom stereocenters. The fourth-order valence-electron chi connectivity index (χ4n) is 2.34. The van der Waals surface area contributed by atoms with Gasteiger partial charge in [0.2, 0.25) is 0 Å². The predicted octanol–water partition coefficient (Wildman–Crippen LogP) is 2.94. The number of carboxylic acids is 1. The predicted molar refractivity (Wildman–Crippen MR) is 74.5 cm³/mol. The van der Waals surface area contributed by atoms with Gasteiger partial charge in [-0.1, -0.05) is 39.0 Å². The van der Waals surface area contributed by atoms with Gasteiger partial charge in [0, 0.05) is 0 Å². The zero-order valence-corrected chi connectivity index (χ0v) is 12.1. The smallest absolute Gasteiger partial charge is 0.314 e. The number of carbonyl (C=O) groups is 1. The molecule has 3 heteroatoms. The number of rotatable bonds is 3. The van der Waals surface area contributed by atoms with E-state index < -0.39 is 11.4 Å².